The van der Waals surface area contributed by atoms with Gasteiger partial charge in [-0.1, -0.05) is 0 Å². The first-order chi connectivity index (χ1) is 7.27. The predicted octanol–water partition coefficient (Wildman–Crippen LogP) is 1.06. The van der Waals surface area contributed by atoms with Crippen molar-refractivity contribution < 1.29 is 0 Å². The normalized spacial score (nSPS) is 10.7. The molecule has 2 N–H and O–H groups in total. The van der Waals surface area contributed by atoms with Crippen LogP contribution in [0, 0.1) is 6.92 Å². The molecule has 2 rings (SSSR count). The van der Waals surface area contributed by atoms with Crippen molar-refractivity contribution in [2.24, 2.45) is 0 Å². The van der Waals surface area contributed by atoms with Gasteiger partial charge in [0.1, 0.15) is 5.82 Å². The smallest absolute Gasteiger partial charge is 0.200 e. The van der Waals surface area contributed by atoms with E-state index < -0.39 is 0 Å². The summed E-state index contributed by atoms with van der Waals surface area (Å²) in [6.07, 6.45) is 8.46. The molecule has 2 aromatic rings. The monoisotopic (exact) mass is 205 g/mol. The van der Waals surface area contributed by atoms with Crippen LogP contribution in [0.25, 0.3) is 0 Å². The molecule has 0 amide bonds. The van der Waals surface area contributed by atoms with E-state index in [1.54, 1.807) is 6.20 Å². The average Bonchev–Trinajstić information content (AvgIpc) is 2.78. The fraction of sp³-hybridized carbons (Fsp3) is 0.400. The Labute approximate surface area is 88.6 Å². The number of nitrogens with zero attached hydrogens (tertiary/aromatic N) is 4. The summed E-state index contributed by atoms with van der Waals surface area (Å²) in [6, 6.07) is 0. The van der Waals surface area contributed by atoms with Crippen LogP contribution in [0.4, 0.5) is 5.95 Å². The van der Waals surface area contributed by atoms with Crippen LogP contribution in [-0.4, -0.2) is 19.1 Å². The third-order valence-electron chi connectivity index (χ3n) is 2.47. The first kappa shape index (κ1) is 9.76. The maximum atomic E-state index is 5.66. The van der Waals surface area contributed by atoms with Crippen molar-refractivity contribution in [3.05, 3.63) is 30.6 Å². The number of anilines is 1. The fourth-order valence-corrected chi connectivity index (χ4v) is 1.58. The Hall–Kier alpha value is -1.78. The summed E-state index contributed by atoms with van der Waals surface area (Å²) in [5.41, 5.74) is 5.66. The van der Waals surface area contributed by atoms with Crippen LogP contribution >= 0.6 is 0 Å². The molecule has 0 spiro atoms. The van der Waals surface area contributed by atoms with Crippen LogP contribution in [0.2, 0.25) is 0 Å². The Kier molecular flexibility index (Phi) is 2.71. The minimum Gasteiger partial charge on any atom is -0.369 e. The number of nitrogens with two attached hydrogens (primary N) is 1. The van der Waals surface area contributed by atoms with Crippen LogP contribution in [0.1, 0.15) is 12.2 Å². The standard InChI is InChI=1S/C10H15N5/c1-9-12-3-7-14(9)5-2-6-15-8-4-13-10(15)11/h3-4,7-8H,2,5-6H2,1H3,(H2,11,13). The maximum Gasteiger partial charge on any atom is 0.200 e. The molecule has 80 valence electrons. The molecule has 0 aliphatic carbocycles. The molecule has 0 aromatic carbocycles. The molecule has 0 unspecified atom stereocenters. The van der Waals surface area contributed by atoms with E-state index in [1.807, 2.05) is 30.1 Å². The zero-order valence-corrected chi connectivity index (χ0v) is 8.80. The van der Waals surface area contributed by atoms with Gasteiger partial charge in [0.15, 0.2) is 5.95 Å². The Morgan fingerprint density at radius 2 is 1.80 bits per heavy atom. The summed E-state index contributed by atoms with van der Waals surface area (Å²) in [7, 11) is 0. The number of hydrogen-bond acceptors (Lipinski definition) is 3. The van der Waals surface area contributed by atoms with Gasteiger partial charge in [0.25, 0.3) is 0 Å². The molecule has 2 aromatic heterocycles. The number of aromatic nitrogens is 4. The molecular formula is C10H15N5. The second-order valence-corrected chi connectivity index (χ2v) is 3.50. The van der Waals surface area contributed by atoms with E-state index in [0.717, 1.165) is 25.3 Å². The topological polar surface area (TPSA) is 61.7 Å². The van der Waals surface area contributed by atoms with Crippen molar-refractivity contribution in [3.63, 3.8) is 0 Å². The van der Waals surface area contributed by atoms with Crippen molar-refractivity contribution in [3.8, 4) is 0 Å². The van der Waals surface area contributed by atoms with Gasteiger partial charge in [-0.25, -0.2) is 9.97 Å². The van der Waals surface area contributed by atoms with E-state index in [4.69, 9.17) is 5.73 Å². The molecule has 0 aliphatic rings. The Morgan fingerprint density at radius 3 is 2.40 bits per heavy atom. The molecule has 5 nitrogen and oxygen atoms in total. The van der Waals surface area contributed by atoms with E-state index in [0.29, 0.717) is 5.95 Å². The van der Waals surface area contributed by atoms with Crippen LogP contribution in [0.15, 0.2) is 24.8 Å². The summed E-state index contributed by atoms with van der Waals surface area (Å²) in [6.45, 7) is 3.86. The number of imidazole rings is 2. The number of nitrogen functional groups attached to an aromatic ring is 1. The minimum atomic E-state index is 0.581. The Morgan fingerprint density at radius 1 is 1.13 bits per heavy atom. The Bertz CT molecular complexity index is 388. The lowest BCUT2D eigenvalue weighted by Crippen LogP contribution is -2.06. The third-order valence-corrected chi connectivity index (χ3v) is 2.47. The second-order valence-electron chi connectivity index (χ2n) is 3.50. The lowest BCUT2D eigenvalue weighted by Gasteiger charge is -2.06. The van der Waals surface area contributed by atoms with Gasteiger partial charge in [-0.2, -0.15) is 0 Å². The maximum absolute atomic E-state index is 5.66. The Balaban J connectivity index is 1.86. The van der Waals surface area contributed by atoms with E-state index in [9.17, 15) is 0 Å². The van der Waals surface area contributed by atoms with Crippen molar-refractivity contribution >= 4 is 5.95 Å². The van der Waals surface area contributed by atoms with E-state index in [-0.39, 0.29) is 0 Å². The third kappa shape index (κ3) is 2.18. The fourth-order valence-electron chi connectivity index (χ4n) is 1.58. The SMILES string of the molecule is Cc1nccn1CCCn1ccnc1N. The van der Waals surface area contributed by atoms with Gasteiger partial charge in [-0.3, -0.25) is 0 Å². The highest BCUT2D eigenvalue weighted by molar-refractivity contribution is 5.16. The van der Waals surface area contributed by atoms with Gasteiger partial charge in [0.05, 0.1) is 0 Å². The van der Waals surface area contributed by atoms with Gasteiger partial charge >= 0.3 is 0 Å². The molecule has 0 bridgehead atoms. The highest BCUT2D eigenvalue weighted by atomic mass is 15.1. The molecule has 15 heavy (non-hydrogen) atoms. The number of aryl methyl sites for hydroxylation is 3. The van der Waals surface area contributed by atoms with Gasteiger partial charge in [0, 0.05) is 37.9 Å². The second kappa shape index (κ2) is 4.16. The van der Waals surface area contributed by atoms with E-state index in [2.05, 4.69) is 14.5 Å². The van der Waals surface area contributed by atoms with Crippen LogP contribution in [-0.2, 0) is 13.1 Å². The van der Waals surface area contributed by atoms with Crippen LogP contribution in [0.5, 0.6) is 0 Å². The average molecular weight is 205 g/mol. The zero-order valence-electron chi connectivity index (χ0n) is 8.80. The van der Waals surface area contributed by atoms with Crippen molar-refractivity contribution in [1.29, 1.82) is 0 Å². The quantitative estimate of drug-likeness (QED) is 0.811. The predicted molar refractivity (Wildman–Crippen MR) is 58.2 cm³/mol. The van der Waals surface area contributed by atoms with E-state index in [1.165, 1.54) is 0 Å². The van der Waals surface area contributed by atoms with Gasteiger partial charge in [-0.15, -0.1) is 0 Å². The molecule has 2 heterocycles. The first-order valence-electron chi connectivity index (χ1n) is 5.02. The molecule has 0 saturated carbocycles. The molecule has 5 heteroatoms. The lowest BCUT2D eigenvalue weighted by molar-refractivity contribution is 0.559. The molecule has 0 radical (unpaired) electrons. The minimum absolute atomic E-state index is 0.581. The van der Waals surface area contributed by atoms with Crippen molar-refractivity contribution in [1.82, 2.24) is 19.1 Å². The van der Waals surface area contributed by atoms with Gasteiger partial charge < -0.3 is 14.9 Å². The number of hydrogen-bond donors (Lipinski definition) is 1. The molecule has 0 fully saturated rings. The van der Waals surface area contributed by atoms with Gasteiger partial charge in [0.2, 0.25) is 0 Å². The zero-order chi connectivity index (χ0) is 10.7. The highest BCUT2D eigenvalue weighted by Crippen LogP contribution is 2.03. The lowest BCUT2D eigenvalue weighted by atomic mass is 10.4. The van der Waals surface area contributed by atoms with Gasteiger partial charge in [-0.05, 0) is 13.3 Å². The largest absolute Gasteiger partial charge is 0.369 e. The van der Waals surface area contributed by atoms with Crippen molar-refractivity contribution in [2.45, 2.75) is 26.4 Å². The molecule has 0 aliphatic heterocycles. The molecule has 0 atom stereocenters. The van der Waals surface area contributed by atoms with Crippen LogP contribution in [0.3, 0.4) is 0 Å². The summed E-state index contributed by atoms with van der Waals surface area (Å²) in [5.74, 6) is 1.63. The number of rotatable bonds is 4. The van der Waals surface area contributed by atoms with Crippen LogP contribution < -0.4 is 5.73 Å². The first-order valence-corrected chi connectivity index (χ1v) is 5.02. The van der Waals surface area contributed by atoms with Crippen molar-refractivity contribution in [2.75, 3.05) is 5.73 Å². The molecule has 0 saturated heterocycles. The summed E-state index contributed by atoms with van der Waals surface area (Å²) < 4.78 is 4.08. The molecular weight excluding hydrogens is 190 g/mol. The van der Waals surface area contributed by atoms with E-state index >= 15 is 0 Å². The highest BCUT2D eigenvalue weighted by Gasteiger charge is 1.99. The summed E-state index contributed by atoms with van der Waals surface area (Å²) in [4.78, 5) is 8.14. The summed E-state index contributed by atoms with van der Waals surface area (Å²) in [5, 5.41) is 0. The summed E-state index contributed by atoms with van der Waals surface area (Å²) >= 11 is 0.